The van der Waals surface area contributed by atoms with Gasteiger partial charge < -0.3 is 9.47 Å². The fourth-order valence-corrected chi connectivity index (χ4v) is 2.14. The molecule has 0 atom stereocenters. The van der Waals surface area contributed by atoms with Gasteiger partial charge in [0.25, 0.3) is 0 Å². The molecule has 0 aliphatic rings. The molecule has 0 saturated heterocycles. The van der Waals surface area contributed by atoms with Gasteiger partial charge in [-0.3, -0.25) is 0 Å². The molecule has 0 aliphatic heterocycles. The van der Waals surface area contributed by atoms with Crippen molar-refractivity contribution in [3.63, 3.8) is 0 Å². The van der Waals surface area contributed by atoms with Gasteiger partial charge in [0, 0.05) is 6.61 Å². The molecule has 0 heterocycles. The largest absolute Gasteiger partial charge is 0.379 e. The van der Waals surface area contributed by atoms with Crippen LogP contribution in [0, 0.1) is 0 Å². The summed E-state index contributed by atoms with van der Waals surface area (Å²) >= 11 is 0. The molecule has 0 aromatic heterocycles. The number of ether oxygens (including phenoxy) is 2. The monoisotopic (exact) mass is 290 g/mol. The molecule has 1 aromatic carbocycles. The predicted octanol–water partition coefficient (Wildman–Crippen LogP) is 5.22. The molecule has 0 spiro atoms. The molecular formula is C19H30O2. The summed E-state index contributed by atoms with van der Waals surface area (Å²) in [5.41, 5.74) is 2.33. The zero-order valence-electron chi connectivity index (χ0n) is 13.5. The first-order chi connectivity index (χ1) is 10.4. The fourth-order valence-electron chi connectivity index (χ4n) is 2.14. The highest BCUT2D eigenvalue weighted by Gasteiger charge is 1.95. The van der Waals surface area contributed by atoms with E-state index in [2.05, 4.69) is 37.8 Å². The Kier molecular flexibility index (Phi) is 10.8. The Morgan fingerprint density at radius 1 is 0.857 bits per heavy atom. The molecule has 0 bridgehead atoms. The zero-order valence-corrected chi connectivity index (χ0v) is 13.5. The quantitative estimate of drug-likeness (QED) is 0.463. The van der Waals surface area contributed by atoms with Crippen LogP contribution in [0.4, 0.5) is 0 Å². The highest BCUT2D eigenvalue weighted by molar-refractivity contribution is 5.47. The molecule has 0 saturated carbocycles. The summed E-state index contributed by atoms with van der Waals surface area (Å²) in [4.78, 5) is 0. The molecular weight excluding hydrogens is 260 g/mol. The molecule has 0 unspecified atom stereocenters. The first-order valence-corrected chi connectivity index (χ1v) is 8.23. The first kappa shape index (κ1) is 17.9. The van der Waals surface area contributed by atoms with Crippen LogP contribution in [0.2, 0.25) is 0 Å². The van der Waals surface area contributed by atoms with Gasteiger partial charge in [0.1, 0.15) is 0 Å². The van der Waals surface area contributed by atoms with E-state index in [0.29, 0.717) is 19.8 Å². The molecule has 0 fully saturated rings. The summed E-state index contributed by atoms with van der Waals surface area (Å²) in [6, 6.07) is 8.27. The Morgan fingerprint density at radius 2 is 1.52 bits per heavy atom. The van der Waals surface area contributed by atoms with Crippen molar-refractivity contribution in [2.24, 2.45) is 0 Å². The second-order valence-corrected chi connectivity index (χ2v) is 5.38. The molecule has 0 amide bonds. The standard InChI is InChI=1S/C19H30O2/c1-3-5-6-7-8-9-14-20-15-16-21-17-19-12-10-18(4-2)11-13-19/h4,10-13H,2-3,5-9,14-17H2,1H3. The normalized spacial score (nSPS) is 10.7. The lowest BCUT2D eigenvalue weighted by atomic mass is 10.1. The van der Waals surface area contributed by atoms with Crippen LogP contribution < -0.4 is 0 Å². The molecule has 118 valence electrons. The third-order valence-electron chi connectivity index (χ3n) is 3.50. The van der Waals surface area contributed by atoms with Crippen LogP contribution in [-0.2, 0) is 16.1 Å². The number of unbranched alkanes of at least 4 members (excludes halogenated alkanes) is 5. The van der Waals surface area contributed by atoms with Crippen LogP contribution in [-0.4, -0.2) is 19.8 Å². The smallest absolute Gasteiger partial charge is 0.0718 e. The fraction of sp³-hybridized carbons (Fsp3) is 0.579. The number of rotatable bonds is 13. The van der Waals surface area contributed by atoms with Gasteiger partial charge in [-0.1, -0.05) is 75.9 Å². The lowest BCUT2D eigenvalue weighted by Crippen LogP contribution is -2.05. The average Bonchev–Trinajstić information content (AvgIpc) is 2.53. The lowest BCUT2D eigenvalue weighted by molar-refractivity contribution is 0.0393. The van der Waals surface area contributed by atoms with Crippen molar-refractivity contribution in [1.29, 1.82) is 0 Å². The topological polar surface area (TPSA) is 18.5 Å². The number of hydrogen-bond acceptors (Lipinski definition) is 2. The number of hydrogen-bond donors (Lipinski definition) is 0. The summed E-state index contributed by atoms with van der Waals surface area (Å²) in [6.07, 6.45) is 9.69. The molecule has 2 heteroatoms. The Hall–Kier alpha value is -1.12. The SMILES string of the molecule is C=Cc1ccc(COCCOCCCCCCCC)cc1. The van der Waals surface area contributed by atoms with E-state index >= 15 is 0 Å². The van der Waals surface area contributed by atoms with Crippen LogP contribution in [0.3, 0.4) is 0 Å². The summed E-state index contributed by atoms with van der Waals surface area (Å²) in [5, 5.41) is 0. The van der Waals surface area contributed by atoms with Crippen LogP contribution >= 0.6 is 0 Å². The van der Waals surface area contributed by atoms with Gasteiger partial charge in [-0.25, -0.2) is 0 Å². The summed E-state index contributed by atoms with van der Waals surface area (Å²) in [7, 11) is 0. The third kappa shape index (κ3) is 9.43. The van der Waals surface area contributed by atoms with Crippen LogP contribution in [0.25, 0.3) is 6.08 Å². The Balaban J connectivity index is 1.89. The van der Waals surface area contributed by atoms with E-state index in [1.807, 2.05) is 6.08 Å². The lowest BCUT2D eigenvalue weighted by Gasteiger charge is -2.06. The summed E-state index contributed by atoms with van der Waals surface area (Å²) in [6.45, 7) is 8.87. The van der Waals surface area contributed by atoms with E-state index in [4.69, 9.17) is 9.47 Å². The second-order valence-electron chi connectivity index (χ2n) is 5.38. The van der Waals surface area contributed by atoms with Crippen molar-refractivity contribution in [2.75, 3.05) is 19.8 Å². The van der Waals surface area contributed by atoms with Crippen molar-refractivity contribution in [1.82, 2.24) is 0 Å². The Bertz CT molecular complexity index is 356. The van der Waals surface area contributed by atoms with Crippen LogP contribution in [0.1, 0.15) is 56.6 Å². The van der Waals surface area contributed by atoms with E-state index in [-0.39, 0.29) is 0 Å². The zero-order chi connectivity index (χ0) is 15.2. The van der Waals surface area contributed by atoms with Gasteiger partial charge in [0.2, 0.25) is 0 Å². The van der Waals surface area contributed by atoms with Gasteiger partial charge in [-0.05, 0) is 17.5 Å². The minimum absolute atomic E-state index is 0.651. The van der Waals surface area contributed by atoms with Gasteiger partial charge >= 0.3 is 0 Å². The minimum Gasteiger partial charge on any atom is -0.379 e. The average molecular weight is 290 g/mol. The number of benzene rings is 1. The summed E-state index contributed by atoms with van der Waals surface area (Å²) in [5.74, 6) is 0. The molecule has 0 aliphatic carbocycles. The molecule has 2 nitrogen and oxygen atoms in total. The molecule has 1 aromatic rings. The van der Waals surface area contributed by atoms with Crippen molar-refractivity contribution >= 4 is 6.08 Å². The first-order valence-electron chi connectivity index (χ1n) is 8.23. The minimum atomic E-state index is 0.651. The Morgan fingerprint density at radius 3 is 2.24 bits per heavy atom. The maximum absolute atomic E-state index is 5.60. The van der Waals surface area contributed by atoms with Crippen molar-refractivity contribution in [3.8, 4) is 0 Å². The van der Waals surface area contributed by atoms with Gasteiger partial charge in [0.05, 0.1) is 19.8 Å². The predicted molar refractivity (Wildman–Crippen MR) is 90.4 cm³/mol. The van der Waals surface area contributed by atoms with E-state index in [0.717, 1.165) is 12.2 Å². The highest BCUT2D eigenvalue weighted by Crippen LogP contribution is 2.07. The molecule has 1 rings (SSSR count). The second kappa shape index (κ2) is 12.6. The third-order valence-corrected chi connectivity index (χ3v) is 3.50. The van der Waals surface area contributed by atoms with Crippen LogP contribution in [0.5, 0.6) is 0 Å². The van der Waals surface area contributed by atoms with Crippen LogP contribution in [0.15, 0.2) is 30.8 Å². The van der Waals surface area contributed by atoms with Gasteiger partial charge in [0.15, 0.2) is 0 Å². The molecule has 0 N–H and O–H groups in total. The summed E-state index contributed by atoms with van der Waals surface area (Å²) < 4.78 is 11.2. The van der Waals surface area contributed by atoms with Gasteiger partial charge in [-0.2, -0.15) is 0 Å². The van der Waals surface area contributed by atoms with Crippen molar-refractivity contribution in [2.45, 2.75) is 52.1 Å². The van der Waals surface area contributed by atoms with Gasteiger partial charge in [-0.15, -0.1) is 0 Å². The van der Waals surface area contributed by atoms with E-state index in [1.54, 1.807) is 0 Å². The molecule has 21 heavy (non-hydrogen) atoms. The maximum Gasteiger partial charge on any atom is 0.0718 e. The highest BCUT2D eigenvalue weighted by atomic mass is 16.5. The molecule has 0 radical (unpaired) electrons. The van der Waals surface area contributed by atoms with E-state index in [1.165, 1.54) is 44.1 Å². The Labute approximate surface area is 130 Å². The van der Waals surface area contributed by atoms with E-state index in [9.17, 15) is 0 Å². The van der Waals surface area contributed by atoms with E-state index < -0.39 is 0 Å². The van der Waals surface area contributed by atoms with Crippen molar-refractivity contribution in [3.05, 3.63) is 42.0 Å². The maximum atomic E-state index is 5.60. The van der Waals surface area contributed by atoms with Crippen molar-refractivity contribution < 1.29 is 9.47 Å².